The second-order valence-electron chi connectivity index (χ2n) is 6.35. The predicted molar refractivity (Wildman–Crippen MR) is 88.3 cm³/mol. The van der Waals surface area contributed by atoms with Crippen molar-refractivity contribution in [3.63, 3.8) is 0 Å². The van der Waals surface area contributed by atoms with E-state index < -0.39 is 5.60 Å². The zero-order valence-electron chi connectivity index (χ0n) is 13.5. The number of amides is 1. The summed E-state index contributed by atoms with van der Waals surface area (Å²) in [6.07, 6.45) is 0.184. The summed E-state index contributed by atoms with van der Waals surface area (Å²) in [5.41, 5.74) is 0.780. The van der Waals surface area contributed by atoms with Crippen molar-refractivity contribution in [3.8, 4) is 0 Å². The third-order valence-corrected chi connectivity index (χ3v) is 3.42. The topological polar surface area (TPSA) is 40.5 Å². The van der Waals surface area contributed by atoms with Crippen LogP contribution >= 0.6 is 0 Å². The molecule has 0 radical (unpaired) electrons. The summed E-state index contributed by atoms with van der Waals surface area (Å²) in [6.45, 7) is 4.03. The molecule has 0 aliphatic rings. The fraction of sp³-hybridized carbons (Fsp3) is 0.316. The lowest BCUT2D eigenvalue weighted by Crippen LogP contribution is -2.42. The van der Waals surface area contributed by atoms with Crippen LogP contribution in [0.25, 0.3) is 0 Å². The second kappa shape index (κ2) is 7.38. The highest BCUT2D eigenvalue weighted by atomic mass is 19.1. The first kappa shape index (κ1) is 17.2. The summed E-state index contributed by atoms with van der Waals surface area (Å²) < 4.78 is 13.0. The van der Waals surface area contributed by atoms with Gasteiger partial charge in [-0.25, -0.2) is 4.39 Å². The first-order valence-electron chi connectivity index (χ1n) is 7.62. The van der Waals surface area contributed by atoms with Gasteiger partial charge in [0.05, 0.1) is 12.0 Å². The molecule has 0 saturated heterocycles. The maximum atomic E-state index is 13.0. The average molecular weight is 315 g/mol. The molecular weight excluding hydrogens is 293 g/mol. The van der Waals surface area contributed by atoms with Gasteiger partial charge in [0, 0.05) is 13.1 Å². The van der Waals surface area contributed by atoms with Gasteiger partial charge in [0.1, 0.15) is 5.82 Å². The van der Waals surface area contributed by atoms with Crippen molar-refractivity contribution in [1.82, 2.24) is 4.90 Å². The molecule has 0 atom stereocenters. The minimum atomic E-state index is -0.979. The number of aliphatic hydroxyl groups is 1. The third kappa shape index (κ3) is 5.83. The van der Waals surface area contributed by atoms with E-state index in [1.807, 2.05) is 30.3 Å². The Balaban J connectivity index is 2.11. The molecule has 2 aromatic rings. The van der Waals surface area contributed by atoms with Gasteiger partial charge in [-0.1, -0.05) is 42.5 Å². The maximum absolute atomic E-state index is 13.0. The summed E-state index contributed by atoms with van der Waals surface area (Å²) in [5.74, 6) is -0.415. The van der Waals surface area contributed by atoms with Crippen molar-refractivity contribution in [1.29, 1.82) is 0 Å². The third-order valence-electron chi connectivity index (χ3n) is 3.42. The summed E-state index contributed by atoms with van der Waals surface area (Å²) in [4.78, 5) is 14.2. The Kier molecular flexibility index (Phi) is 5.50. The number of carbonyl (C=O) groups excluding carboxylic acids is 1. The van der Waals surface area contributed by atoms with E-state index in [0.29, 0.717) is 6.54 Å². The molecule has 0 spiro atoms. The molecule has 2 aromatic carbocycles. The SMILES string of the molecule is CC(C)(O)CN(Cc1ccccc1)C(=O)Cc1ccc(F)cc1. The largest absolute Gasteiger partial charge is 0.389 e. The highest BCUT2D eigenvalue weighted by Gasteiger charge is 2.22. The Bertz CT molecular complexity index is 633. The Morgan fingerprint density at radius 2 is 1.65 bits per heavy atom. The molecule has 0 heterocycles. The molecule has 0 aliphatic carbocycles. The van der Waals surface area contributed by atoms with Crippen molar-refractivity contribution in [2.45, 2.75) is 32.4 Å². The molecule has 0 aromatic heterocycles. The molecule has 3 nitrogen and oxygen atoms in total. The first-order chi connectivity index (χ1) is 10.8. The van der Waals surface area contributed by atoms with Gasteiger partial charge in [-0.15, -0.1) is 0 Å². The van der Waals surface area contributed by atoms with Crippen LogP contribution in [-0.4, -0.2) is 28.1 Å². The minimum absolute atomic E-state index is 0.0948. The summed E-state index contributed by atoms with van der Waals surface area (Å²) in [7, 11) is 0. The highest BCUT2D eigenvalue weighted by Crippen LogP contribution is 2.13. The van der Waals surface area contributed by atoms with Crippen molar-refractivity contribution in [2.24, 2.45) is 0 Å². The van der Waals surface area contributed by atoms with Gasteiger partial charge >= 0.3 is 0 Å². The predicted octanol–water partition coefficient (Wildman–Crippen LogP) is 3.17. The molecule has 0 aliphatic heterocycles. The number of carbonyl (C=O) groups is 1. The number of benzene rings is 2. The van der Waals surface area contributed by atoms with E-state index in [-0.39, 0.29) is 24.7 Å². The Morgan fingerprint density at radius 1 is 1.04 bits per heavy atom. The van der Waals surface area contributed by atoms with Crippen molar-refractivity contribution in [2.75, 3.05) is 6.54 Å². The minimum Gasteiger partial charge on any atom is -0.389 e. The number of hydrogen-bond donors (Lipinski definition) is 1. The van der Waals surface area contributed by atoms with Crippen LogP contribution in [0.15, 0.2) is 54.6 Å². The fourth-order valence-corrected chi connectivity index (χ4v) is 2.39. The molecule has 0 fully saturated rings. The highest BCUT2D eigenvalue weighted by molar-refractivity contribution is 5.78. The first-order valence-corrected chi connectivity index (χ1v) is 7.62. The molecular formula is C19H22FNO2. The quantitative estimate of drug-likeness (QED) is 0.889. The monoisotopic (exact) mass is 315 g/mol. The van der Waals surface area contributed by atoms with E-state index in [1.54, 1.807) is 30.9 Å². The molecule has 4 heteroatoms. The van der Waals surface area contributed by atoms with Gasteiger partial charge in [-0.3, -0.25) is 4.79 Å². The van der Waals surface area contributed by atoms with Gasteiger partial charge in [-0.05, 0) is 37.1 Å². The van der Waals surface area contributed by atoms with Gasteiger partial charge in [0.15, 0.2) is 0 Å². The molecule has 2 rings (SSSR count). The molecule has 0 unspecified atom stereocenters. The lowest BCUT2D eigenvalue weighted by atomic mass is 10.1. The lowest BCUT2D eigenvalue weighted by molar-refractivity contribution is -0.134. The number of halogens is 1. The number of nitrogens with zero attached hydrogens (tertiary/aromatic N) is 1. The van der Waals surface area contributed by atoms with Crippen LogP contribution in [0.3, 0.4) is 0 Å². The van der Waals surface area contributed by atoms with Crippen LogP contribution in [0.2, 0.25) is 0 Å². The van der Waals surface area contributed by atoms with Gasteiger partial charge in [0.2, 0.25) is 5.91 Å². The number of rotatable bonds is 6. The standard InChI is InChI=1S/C19H22FNO2/c1-19(2,23)14-21(13-16-6-4-3-5-7-16)18(22)12-15-8-10-17(20)11-9-15/h3-11,23H,12-14H2,1-2H3. The van der Waals surface area contributed by atoms with Gasteiger partial charge in [-0.2, -0.15) is 0 Å². The van der Waals surface area contributed by atoms with Crippen LogP contribution in [0, 0.1) is 5.82 Å². The summed E-state index contributed by atoms with van der Waals surface area (Å²) in [5, 5.41) is 10.1. The molecule has 23 heavy (non-hydrogen) atoms. The molecule has 0 bridgehead atoms. The second-order valence-corrected chi connectivity index (χ2v) is 6.35. The van der Waals surface area contributed by atoms with E-state index in [4.69, 9.17) is 0 Å². The van der Waals surface area contributed by atoms with E-state index in [9.17, 15) is 14.3 Å². The average Bonchev–Trinajstić information content (AvgIpc) is 2.48. The lowest BCUT2D eigenvalue weighted by Gasteiger charge is -2.29. The van der Waals surface area contributed by atoms with Crippen LogP contribution in [0.4, 0.5) is 4.39 Å². The zero-order chi connectivity index (χ0) is 16.9. The van der Waals surface area contributed by atoms with Crippen molar-refractivity contribution in [3.05, 3.63) is 71.5 Å². The molecule has 122 valence electrons. The Hall–Kier alpha value is -2.20. The summed E-state index contributed by atoms with van der Waals surface area (Å²) in [6, 6.07) is 15.6. The number of hydrogen-bond acceptors (Lipinski definition) is 2. The van der Waals surface area contributed by atoms with E-state index in [1.165, 1.54) is 12.1 Å². The zero-order valence-corrected chi connectivity index (χ0v) is 13.5. The smallest absolute Gasteiger partial charge is 0.227 e. The fourth-order valence-electron chi connectivity index (χ4n) is 2.39. The van der Waals surface area contributed by atoms with E-state index in [0.717, 1.165) is 11.1 Å². The Morgan fingerprint density at radius 3 is 2.22 bits per heavy atom. The molecule has 1 N–H and O–H groups in total. The normalized spacial score (nSPS) is 11.3. The molecule has 1 amide bonds. The van der Waals surface area contributed by atoms with Crippen LogP contribution < -0.4 is 0 Å². The van der Waals surface area contributed by atoms with E-state index in [2.05, 4.69) is 0 Å². The van der Waals surface area contributed by atoms with Crippen LogP contribution in [-0.2, 0) is 17.8 Å². The van der Waals surface area contributed by atoms with Gasteiger partial charge in [0.25, 0.3) is 0 Å². The van der Waals surface area contributed by atoms with Crippen molar-refractivity contribution >= 4 is 5.91 Å². The van der Waals surface area contributed by atoms with Crippen LogP contribution in [0.5, 0.6) is 0 Å². The van der Waals surface area contributed by atoms with Crippen molar-refractivity contribution < 1.29 is 14.3 Å². The van der Waals surface area contributed by atoms with Gasteiger partial charge < -0.3 is 10.0 Å². The van der Waals surface area contributed by atoms with Crippen LogP contribution in [0.1, 0.15) is 25.0 Å². The Labute approximate surface area is 136 Å². The van der Waals surface area contributed by atoms with E-state index >= 15 is 0 Å². The maximum Gasteiger partial charge on any atom is 0.227 e. The summed E-state index contributed by atoms with van der Waals surface area (Å²) >= 11 is 0. The molecule has 0 saturated carbocycles.